The first-order valence-corrected chi connectivity index (χ1v) is 13.9. The first-order valence-electron chi connectivity index (χ1n) is 13.0. The van der Waals surface area contributed by atoms with E-state index < -0.39 is 0 Å². The molecule has 0 saturated heterocycles. The third-order valence-electron chi connectivity index (χ3n) is 5.85. The Morgan fingerprint density at radius 3 is 1.79 bits per heavy atom. The van der Waals surface area contributed by atoms with Gasteiger partial charge in [0.15, 0.2) is 0 Å². The minimum atomic E-state index is 1.05. The van der Waals surface area contributed by atoms with Crippen molar-refractivity contribution in [2.45, 2.75) is 13.3 Å². The summed E-state index contributed by atoms with van der Waals surface area (Å²) in [5.74, 6) is 0. The average Bonchev–Trinajstić information content (AvgIpc) is 3.60. The van der Waals surface area contributed by atoms with Crippen LogP contribution in [0, 0.1) is 19.9 Å². The minimum Gasteiger partial charge on any atom is -0.199 e. The fourth-order valence-corrected chi connectivity index (χ4v) is 4.02. The second kappa shape index (κ2) is 16.8. The number of hydrogen-bond donors (Lipinski definition) is 0. The van der Waals surface area contributed by atoms with Crippen molar-refractivity contribution in [2.24, 2.45) is 0 Å². The third-order valence-corrected chi connectivity index (χ3v) is 5.85. The smallest absolute Gasteiger partial charge is 0.0253 e. The van der Waals surface area contributed by atoms with Gasteiger partial charge in [-0.2, -0.15) is 96.6 Å². The summed E-state index contributed by atoms with van der Waals surface area (Å²) >= 11 is 2.00. The maximum absolute atomic E-state index is 3.72. The van der Waals surface area contributed by atoms with Crippen LogP contribution in [0.15, 0.2) is 146 Å². The molecule has 0 amide bonds. The molecule has 0 saturated carbocycles. The van der Waals surface area contributed by atoms with E-state index in [4.69, 9.17) is 0 Å². The topological polar surface area (TPSA) is 0 Å². The van der Waals surface area contributed by atoms with Gasteiger partial charge in [-0.3, -0.25) is 0 Å². The molecule has 1 aliphatic carbocycles. The standard InChI is InChI=1S/C13H9.C9H7.2C7H7.C2H4.Ti/c1-3-7-12-10(5-1)9-11-6-2-4-8-13(11)12;1-2-5-9-7-3-6-8(9)4-1;2*1-7-5-3-2-4-6-7;1-2;/h1-5,7-8H,9H2;1-7H;2*2-6H,1H2;1H,2H3;/q4*-1;;. The Kier molecular flexibility index (Phi) is 12.7. The minimum absolute atomic E-state index is 1.05. The zero-order valence-electron chi connectivity index (χ0n) is 22.6. The van der Waals surface area contributed by atoms with Crippen molar-refractivity contribution in [3.05, 3.63) is 188 Å². The maximum atomic E-state index is 3.72. The Labute approximate surface area is 246 Å². The van der Waals surface area contributed by atoms with Gasteiger partial charge in [0.25, 0.3) is 0 Å². The molecule has 0 unspecified atom stereocenters. The molecule has 0 nitrogen and oxygen atoms in total. The summed E-state index contributed by atoms with van der Waals surface area (Å²) in [6, 6.07) is 52.5. The van der Waals surface area contributed by atoms with Crippen molar-refractivity contribution in [3.8, 4) is 11.1 Å². The molecule has 39 heavy (non-hydrogen) atoms. The van der Waals surface area contributed by atoms with Crippen LogP contribution < -0.4 is 0 Å². The van der Waals surface area contributed by atoms with Gasteiger partial charge in [-0.25, -0.2) is 0 Å². The first-order chi connectivity index (χ1) is 19.1. The Balaban J connectivity index is 0.000000144. The van der Waals surface area contributed by atoms with Gasteiger partial charge in [0.2, 0.25) is 0 Å². The van der Waals surface area contributed by atoms with E-state index in [1.807, 2.05) is 97.9 Å². The van der Waals surface area contributed by atoms with Crippen LogP contribution in [0.5, 0.6) is 0 Å². The number of hydrogen-bond acceptors (Lipinski definition) is 0. The van der Waals surface area contributed by atoms with Gasteiger partial charge >= 0.3 is 31.2 Å². The fourth-order valence-electron chi connectivity index (χ4n) is 4.02. The van der Waals surface area contributed by atoms with Crippen molar-refractivity contribution in [3.63, 3.8) is 0 Å². The van der Waals surface area contributed by atoms with E-state index in [1.54, 1.807) is 0 Å². The third kappa shape index (κ3) is 10.0. The van der Waals surface area contributed by atoms with Gasteiger partial charge in [0.1, 0.15) is 0 Å². The van der Waals surface area contributed by atoms with Crippen LogP contribution in [-0.4, -0.2) is 4.31 Å². The molecule has 0 atom stereocenters. The first kappa shape index (κ1) is 29.6. The molecule has 0 bridgehead atoms. The van der Waals surface area contributed by atoms with Crippen LogP contribution in [0.4, 0.5) is 0 Å². The van der Waals surface area contributed by atoms with E-state index in [9.17, 15) is 0 Å². The molecule has 0 aromatic heterocycles. The van der Waals surface area contributed by atoms with Crippen LogP contribution in [0.3, 0.4) is 0 Å². The zero-order chi connectivity index (χ0) is 27.7. The summed E-state index contributed by atoms with van der Waals surface area (Å²) in [6.07, 6.45) is 1.05. The van der Waals surface area contributed by atoms with Gasteiger partial charge in [-0.15, -0.1) is 59.5 Å². The van der Waals surface area contributed by atoms with Crippen molar-refractivity contribution in [1.82, 2.24) is 0 Å². The molecule has 1 aliphatic rings. The van der Waals surface area contributed by atoms with E-state index in [2.05, 4.69) is 98.8 Å². The average molecular weight is 539 g/mol. The quantitative estimate of drug-likeness (QED) is 0.133. The molecule has 0 spiro atoms. The predicted octanol–water partition coefficient (Wildman–Crippen LogP) is 9.71. The Bertz CT molecular complexity index is 1400. The molecule has 6 aromatic carbocycles. The molecule has 0 aliphatic heterocycles. The molecule has 0 fully saturated rings. The second-order valence-electron chi connectivity index (χ2n) is 8.81. The SMILES string of the molecule is C[CH]=[Ti].[CH2-]c1ccccc1.[CH2-]c1ccccc1.[c-]1cccc2c1Cc1ccccc1-2.c1ccc2[cH-]ccc2c1. The van der Waals surface area contributed by atoms with E-state index in [1.165, 1.54) is 33.0 Å². The van der Waals surface area contributed by atoms with Crippen LogP contribution in [0.25, 0.3) is 21.9 Å². The summed E-state index contributed by atoms with van der Waals surface area (Å²) in [6.45, 7) is 9.44. The molecule has 6 aromatic rings. The Morgan fingerprint density at radius 1 is 0.667 bits per heavy atom. The molecule has 0 radical (unpaired) electrons. The molecule has 0 N–H and O–H groups in total. The van der Waals surface area contributed by atoms with Crippen LogP contribution in [0.2, 0.25) is 0 Å². The van der Waals surface area contributed by atoms with Crippen LogP contribution in [-0.2, 0) is 26.4 Å². The van der Waals surface area contributed by atoms with Crippen molar-refractivity contribution in [2.75, 3.05) is 0 Å². The zero-order valence-corrected chi connectivity index (χ0v) is 24.1. The molecule has 194 valence electrons. The molecule has 1 heteroatoms. The Hall–Kier alpha value is -3.97. The van der Waals surface area contributed by atoms with Crippen LogP contribution >= 0.6 is 0 Å². The van der Waals surface area contributed by atoms with Gasteiger partial charge in [-0.05, 0) is 6.42 Å². The van der Waals surface area contributed by atoms with Crippen LogP contribution in [0.1, 0.15) is 29.2 Å². The van der Waals surface area contributed by atoms with Crippen molar-refractivity contribution < 1.29 is 20.0 Å². The molecule has 7 rings (SSSR count). The number of benzene rings is 5. The maximum Gasteiger partial charge on any atom is -0.0253 e. The van der Waals surface area contributed by atoms with Gasteiger partial charge in [-0.1, -0.05) is 53.6 Å². The summed E-state index contributed by atoms with van der Waals surface area (Å²) in [4.78, 5) is 0. The summed E-state index contributed by atoms with van der Waals surface area (Å²) in [5, 5.41) is 2.66. The summed E-state index contributed by atoms with van der Waals surface area (Å²) in [5.41, 5.74) is 7.65. The molecular formula is C38H34Ti-4. The molecule has 0 heterocycles. The van der Waals surface area contributed by atoms with Crippen molar-refractivity contribution >= 4 is 15.1 Å². The Morgan fingerprint density at radius 2 is 1.21 bits per heavy atom. The van der Waals surface area contributed by atoms with Crippen molar-refractivity contribution in [1.29, 1.82) is 0 Å². The molecular weight excluding hydrogens is 504 g/mol. The van der Waals surface area contributed by atoms with Gasteiger partial charge in [0, 0.05) is 0 Å². The van der Waals surface area contributed by atoms with E-state index in [-0.39, 0.29) is 0 Å². The van der Waals surface area contributed by atoms with E-state index >= 15 is 0 Å². The van der Waals surface area contributed by atoms with E-state index in [0.717, 1.165) is 17.5 Å². The fraction of sp³-hybridized carbons (Fsp3) is 0.0526. The summed E-state index contributed by atoms with van der Waals surface area (Å²) in [7, 11) is 0. The number of fused-ring (bicyclic) bond motifs is 4. The normalized spacial score (nSPS) is 9.85. The van der Waals surface area contributed by atoms with Gasteiger partial charge in [0.05, 0.1) is 0 Å². The largest absolute Gasteiger partial charge is 0.199 e. The monoisotopic (exact) mass is 538 g/mol. The predicted molar refractivity (Wildman–Crippen MR) is 167 cm³/mol. The second-order valence-corrected chi connectivity index (χ2v) is 9.71. The van der Waals surface area contributed by atoms with E-state index in [0.29, 0.717) is 0 Å². The number of rotatable bonds is 0. The van der Waals surface area contributed by atoms with Gasteiger partial charge < -0.3 is 0 Å². The summed E-state index contributed by atoms with van der Waals surface area (Å²) < 4.78 is 2.00.